The molecule has 22 heavy (non-hydrogen) atoms. The number of nitrogens with one attached hydrogen (secondary N) is 3. The Morgan fingerprint density at radius 2 is 1.18 bits per heavy atom. The van der Waals surface area contributed by atoms with Gasteiger partial charge in [0.15, 0.2) is 0 Å². The summed E-state index contributed by atoms with van der Waals surface area (Å²) < 4.78 is 0. The van der Waals surface area contributed by atoms with Crippen molar-refractivity contribution in [2.75, 3.05) is 39.4 Å². The third-order valence-electron chi connectivity index (χ3n) is 2.65. The molecular weight excluding hydrogens is 286 g/mol. The zero-order chi connectivity index (χ0) is 17.1. The first-order chi connectivity index (χ1) is 10.6. The van der Waals surface area contributed by atoms with Gasteiger partial charge in [0, 0.05) is 13.1 Å². The van der Waals surface area contributed by atoms with Gasteiger partial charge >= 0.3 is 0 Å². The number of hydrogen-bond acceptors (Lipinski definition) is 5. The number of unbranched alkanes of at least 4 members (excludes halogenated alkanes) is 4. The van der Waals surface area contributed by atoms with Crippen molar-refractivity contribution in [3.63, 3.8) is 0 Å². The monoisotopic (exact) mass is 319 g/mol. The molecule has 0 aliphatic rings. The Morgan fingerprint density at radius 1 is 0.773 bits per heavy atom. The number of aliphatic hydroxyl groups excluding tert-OH is 2. The summed E-state index contributed by atoms with van der Waals surface area (Å²) in [6.07, 6.45) is 7.01. The van der Waals surface area contributed by atoms with Gasteiger partial charge in [0.25, 0.3) is 0 Å². The minimum absolute atomic E-state index is 0.0204. The van der Waals surface area contributed by atoms with Crippen LogP contribution in [0.15, 0.2) is 0 Å². The van der Waals surface area contributed by atoms with Gasteiger partial charge in [-0.05, 0) is 0 Å². The van der Waals surface area contributed by atoms with E-state index in [-0.39, 0.29) is 51.2 Å². The van der Waals surface area contributed by atoms with E-state index in [0.717, 1.165) is 0 Å². The van der Waals surface area contributed by atoms with E-state index in [1.807, 2.05) is 0 Å². The summed E-state index contributed by atoms with van der Waals surface area (Å²) in [5, 5.41) is 24.3. The highest BCUT2D eigenvalue weighted by Gasteiger charge is 2.02. The number of amides is 2. The quantitative estimate of drug-likeness (QED) is 0.319. The van der Waals surface area contributed by atoms with Crippen LogP contribution in [-0.2, 0) is 9.59 Å². The van der Waals surface area contributed by atoms with Gasteiger partial charge in [-0.2, -0.15) is 0 Å². The van der Waals surface area contributed by atoms with E-state index in [0.29, 0.717) is 0 Å². The Labute approximate surface area is 133 Å². The second-order valence-electron chi connectivity index (χ2n) is 4.81. The van der Waals surface area contributed by atoms with Crippen LogP contribution in [0.5, 0.6) is 0 Å². The molecular formula is C15H33N3O4. The Hall–Kier alpha value is -1.18. The normalized spacial score (nSPS) is 9.64. The van der Waals surface area contributed by atoms with E-state index in [9.17, 15) is 9.59 Å². The van der Waals surface area contributed by atoms with E-state index >= 15 is 0 Å². The molecule has 0 aromatic carbocycles. The van der Waals surface area contributed by atoms with Gasteiger partial charge in [0.05, 0.1) is 26.3 Å². The highest BCUT2D eigenvalue weighted by atomic mass is 16.3. The molecule has 5 N–H and O–H groups in total. The van der Waals surface area contributed by atoms with Gasteiger partial charge in [-0.3, -0.25) is 14.9 Å². The zero-order valence-corrected chi connectivity index (χ0v) is 14.0. The van der Waals surface area contributed by atoms with Gasteiger partial charge in [-0.15, -0.1) is 0 Å². The molecule has 7 nitrogen and oxygen atoms in total. The van der Waals surface area contributed by atoms with Crippen LogP contribution in [0.25, 0.3) is 0 Å². The SMILES string of the molecule is CCCCCCC.O=C(CNCC(=O)NCCO)NCCO. The molecule has 0 radical (unpaired) electrons. The summed E-state index contributed by atoms with van der Waals surface area (Å²) in [7, 11) is 0. The lowest BCUT2D eigenvalue weighted by molar-refractivity contribution is -0.121. The molecule has 0 saturated carbocycles. The number of aliphatic hydroxyl groups is 2. The summed E-state index contributed by atoms with van der Waals surface area (Å²) in [6, 6.07) is 0. The first-order valence-electron chi connectivity index (χ1n) is 8.08. The summed E-state index contributed by atoms with van der Waals surface area (Å²) in [4.78, 5) is 21.9. The van der Waals surface area contributed by atoms with Crippen molar-refractivity contribution in [2.24, 2.45) is 0 Å². The molecule has 0 aliphatic heterocycles. The molecule has 0 aromatic heterocycles. The van der Waals surface area contributed by atoms with E-state index in [1.165, 1.54) is 32.1 Å². The predicted molar refractivity (Wildman–Crippen MR) is 87.5 cm³/mol. The predicted octanol–water partition coefficient (Wildman–Crippen LogP) is -0.230. The molecule has 0 aromatic rings. The molecule has 0 fully saturated rings. The Balaban J connectivity index is 0. The highest BCUT2D eigenvalue weighted by Crippen LogP contribution is 2.00. The maximum atomic E-state index is 10.9. The van der Waals surface area contributed by atoms with Crippen LogP contribution < -0.4 is 16.0 Å². The molecule has 7 heteroatoms. The molecule has 132 valence electrons. The van der Waals surface area contributed by atoms with Gasteiger partial charge in [-0.1, -0.05) is 46.0 Å². The number of carbonyl (C=O) groups is 2. The molecule has 0 rings (SSSR count). The fourth-order valence-corrected chi connectivity index (χ4v) is 1.48. The maximum Gasteiger partial charge on any atom is 0.234 e. The van der Waals surface area contributed by atoms with Gasteiger partial charge in [0.2, 0.25) is 11.8 Å². The van der Waals surface area contributed by atoms with Crippen LogP contribution in [0.3, 0.4) is 0 Å². The molecule has 0 heterocycles. The molecule has 0 spiro atoms. The topological polar surface area (TPSA) is 111 Å². The van der Waals surface area contributed by atoms with Crippen molar-refractivity contribution in [3.8, 4) is 0 Å². The van der Waals surface area contributed by atoms with E-state index in [1.54, 1.807) is 0 Å². The van der Waals surface area contributed by atoms with Crippen molar-refractivity contribution in [1.82, 2.24) is 16.0 Å². The smallest absolute Gasteiger partial charge is 0.234 e. The summed E-state index contributed by atoms with van der Waals surface area (Å²) >= 11 is 0. The van der Waals surface area contributed by atoms with Crippen LogP contribution in [0.1, 0.15) is 46.0 Å². The number of carbonyl (C=O) groups excluding carboxylic acids is 2. The fourth-order valence-electron chi connectivity index (χ4n) is 1.48. The molecule has 2 amide bonds. The van der Waals surface area contributed by atoms with Crippen LogP contribution in [0.2, 0.25) is 0 Å². The van der Waals surface area contributed by atoms with Crippen LogP contribution in [0.4, 0.5) is 0 Å². The maximum absolute atomic E-state index is 10.9. The second-order valence-corrected chi connectivity index (χ2v) is 4.81. The second kappa shape index (κ2) is 19.8. The number of rotatable bonds is 12. The molecule has 0 atom stereocenters. The van der Waals surface area contributed by atoms with Crippen molar-refractivity contribution in [2.45, 2.75) is 46.0 Å². The molecule has 0 bridgehead atoms. The molecule has 0 saturated heterocycles. The zero-order valence-electron chi connectivity index (χ0n) is 14.0. The van der Waals surface area contributed by atoms with Crippen molar-refractivity contribution >= 4 is 11.8 Å². The summed E-state index contributed by atoms with van der Waals surface area (Å²) in [6.45, 7) is 4.73. The van der Waals surface area contributed by atoms with E-state index in [2.05, 4.69) is 29.8 Å². The third-order valence-corrected chi connectivity index (χ3v) is 2.65. The summed E-state index contributed by atoms with van der Waals surface area (Å²) in [5.74, 6) is -0.557. The minimum atomic E-state index is -0.279. The molecule has 0 unspecified atom stereocenters. The lowest BCUT2D eigenvalue weighted by Gasteiger charge is -2.05. The number of hydrogen-bond donors (Lipinski definition) is 5. The standard InChI is InChI=1S/C8H17N3O4.C7H16/c12-3-1-10-7(14)5-9-6-8(15)11-2-4-13;1-3-5-7-6-4-2/h9,12-13H,1-6H2,(H,10,14)(H,11,15);3-7H2,1-2H3. The fraction of sp³-hybridized carbons (Fsp3) is 0.867. The third kappa shape index (κ3) is 21.1. The van der Waals surface area contributed by atoms with Crippen LogP contribution >= 0.6 is 0 Å². The Morgan fingerprint density at radius 3 is 1.50 bits per heavy atom. The van der Waals surface area contributed by atoms with E-state index < -0.39 is 0 Å². The van der Waals surface area contributed by atoms with Crippen LogP contribution in [-0.4, -0.2) is 61.4 Å². The van der Waals surface area contributed by atoms with Crippen molar-refractivity contribution in [1.29, 1.82) is 0 Å². The van der Waals surface area contributed by atoms with Gasteiger partial charge < -0.3 is 20.8 Å². The lowest BCUT2D eigenvalue weighted by Crippen LogP contribution is -2.40. The highest BCUT2D eigenvalue weighted by molar-refractivity contribution is 5.81. The largest absolute Gasteiger partial charge is 0.395 e. The average Bonchev–Trinajstić information content (AvgIpc) is 2.52. The van der Waals surface area contributed by atoms with E-state index in [4.69, 9.17) is 10.2 Å². The Bertz CT molecular complexity index is 239. The Kier molecular flexibility index (Phi) is 20.8. The van der Waals surface area contributed by atoms with Crippen molar-refractivity contribution < 1.29 is 19.8 Å². The average molecular weight is 319 g/mol. The first-order valence-corrected chi connectivity index (χ1v) is 8.08. The minimum Gasteiger partial charge on any atom is -0.395 e. The van der Waals surface area contributed by atoms with Gasteiger partial charge in [0.1, 0.15) is 0 Å². The van der Waals surface area contributed by atoms with Crippen LogP contribution in [0, 0.1) is 0 Å². The van der Waals surface area contributed by atoms with Gasteiger partial charge in [-0.25, -0.2) is 0 Å². The van der Waals surface area contributed by atoms with Crippen molar-refractivity contribution in [3.05, 3.63) is 0 Å². The lowest BCUT2D eigenvalue weighted by atomic mass is 10.2. The molecule has 0 aliphatic carbocycles. The first kappa shape index (κ1) is 23.1. The summed E-state index contributed by atoms with van der Waals surface area (Å²) in [5.41, 5.74) is 0.